The minimum absolute atomic E-state index is 0.126. The smallest absolute Gasteiger partial charge is 0.264 e. The number of sulfonamides is 1. The van der Waals surface area contributed by atoms with Crippen LogP contribution in [0.1, 0.15) is 0 Å². The zero-order valence-electron chi connectivity index (χ0n) is 9.82. The monoisotopic (exact) mass is 263 g/mol. The minimum Gasteiger partial charge on any atom is -0.384 e. The number of para-hydroxylation sites is 1. The standard InChI is InChI=1S/C12H13N3O2S/c1-15(10-5-3-2-4-6-10)18(16,17)11-7-8-14-12(13)9-11/h2-9H,1H3,(H2,13,14). The summed E-state index contributed by atoms with van der Waals surface area (Å²) in [6, 6.07) is 11.6. The van der Waals surface area contributed by atoms with E-state index in [0.717, 1.165) is 0 Å². The Balaban J connectivity index is 2.44. The molecule has 1 aromatic heterocycles. The molecule has 0 unspecified atom stereocenters. The molecule has 0 bridgehead atoms. The van der Waals surface area contributed by atoms with Gasteiger partial charge in [-0.2, -0.15) is 0 Å². The molecule has 2 aromatic rings. The molecule has 0 aliphatic heterocycles. The van der Waals surface area contributed by atoms with Gasteiger partial charge in [0.1, 0.15) is 5.82 Å². The molecular weight excluding hydrogens is 250 g/mol. The Hall–Kier alpha value is -2.08. The van der Waals surface area contributed by atoms with Crippen LogP contribution in [0.3, 0.4) is 0 Å². The fraction of sp³-hybridized carbons (Fsp3) is 0.0833. The van der Waals surface area contributed by atoms with Crippen LogP contribution in [0.25, 0.3) is 0 Å². The van der Waals surface area contributed by atoms with Crippen molar-refractivity contribution in [1.29, 1.82) is 0 Å². The molecule has 0 atom stereocenters. The molecule has 0 saturated heterocycles. The molecule has 18 heavy (non-hydrogen) atoms. The van der Waals surface area contributed by atoms with Crippen LogP contribution in [-0.2, 0) is 10.0 Å². The highest BCUT2D eigenvalue weighted by Gasteiger charge is 2.21. The van der Waals surface area contributed by atoms with Crippen molar-refractivity contribution >= 4 is 21.5 Å². The fourth-order valence-corrected chi connectivity index (χ4v) is 2.74. The van der Waals surface area contributed by atoms with Crippen molar-refractivity contribution in [3.63, 3.8) is 0 Å². The van der Waals surface area contributed by atoms with Gasteiger partial charge in [-0.1, -0.05) is 18.2 Å². The molecule has 1 heterocycles. The molecule has 0 radical (unpaired) electrons. The summed E-state index contributed by atoms with van der Waals surface area (Å²) in [5.41, 5.74) is 6.09. The van der Waals surface area contributed by atoms with Crippen molar-refractivity contribution in [2.24, 2.45) is 0 Å². The Morgan fingerprint density at radius 2 is 1.83 bits per heavy atom. The zero-order chi connectivity index (χ0) is 13.2. The number of aromatic nitrogens is 1. The van der Waals surface area contributed by atoms with Gasteiger partial charge in [0, 0.05) is 19.3 Å². The summed E-state index contributed by atoms with van der Waals surface area (Å²) in [5, 5.41) is 0. The lowest BCUT2D eigenvalue weighted by atomic mass is 10.3. The van der Waals surface area contributed by atoms with Crippen LogP contribution in [0.15, 0.2) is 53.6 Å². The third-order valence-corrected chi connectivity index (χ3v) is 4.31. The number of benzene rings is 1. The van der Waals surface area contributed by atoms with Gasteiger partial charge in [-0.25, -0.2) is 13.4 Å². The number of nitrogen functional groups attached to an aromatic ring is 1. The Morgan fingerprint density at radius 3 is 2.44 bits per heavy atom. The molecule has 0 spiro atoms. The highest BCUT2D eigenvalue weighted by atomic mass is 32.2. The number of hydrogen-bond donors (Lipinski definition) is 1. The largest absolute Gasteiger partial charge is 0.384 e. The molecule has 0 fully saturated rings. The minimum atomic E-state index is -3.60. The van der Waals surface area contributed by atoms with E-state index in [2.05, 4.69) is 4.98 Å². The molecule has 0 amide bonds. The average molecular weight is 263 g/mol. The van der Waals surface area contributed by atoms with Crippen LogP contribution in [0.5, 0.6) is 0 Å². The third-order valence-electron chi connectivity index (χ3n) is 2.53. The first-order valence-electron chi connectivity index (χ1n) is 5.27. The molecule has 0 saturated carbocycles. The quantitative estimate of drug-likeness (QED) is 0.910. The Bertz CT molecular complexity index is 641. The topological polar surface area (TPSA) is 76.3 Å². The predicted molar refractivity (Wildman–Crippen MR) is 70.7 cm³/mol. The van der Waals surface area contributed by atoms with E-state index in [1.807, 2.05) is 6.07 Å². The van der Waals surface area contributed by atoms with E-state index in [9.17, 15) is 8.42 Å². The molecule has 6 heteroatoms. The SMILES string of the molecule is CN(c1ccccc1)S(=O)(=O)c1ccnc(N)c1. The molecule has 5 nitrogen and oxygen atoms in total. The Kier molecular flexibility index (Phi) is 3.20. The summed E-state index contributed by atoms with van der Waals surface area (Å²) in [6.45, 7) is 0. The molecule has 1 aromatic carbocycles. The molecule has 0 aliphatic rings. The second-order valence-electron chi connectivity index (χ2n) is 3.72. The van der Waals surface area contributed by atoms with E-state index in [1.165, 1.54) is 29.7 Å². The van der Waals surface area contributed by atoms with Crippen LogP contribution in [0.2, 0.25) is 0 Å². The lowest BCUT2D eigenvalue weighted by molar-refractivity contribution is 0.594. The fourth-order valence-electron chi connectivity index (χ4n) is 1.52. The van der Waals surface area contributed by atoms with Crippen LogP contribution >= 0.6 is 0 Å². The second kappa shape index (κ2) is 4.66. The van der Waals surface area contributed by atoms with Crippen LogP contribution in [0.4, 0.5) is 11.5 Å². The number of anilines is 2. The maximum absolute atomic E-state index is 12.3. The van der Waals surface area contributed by atoms with Gasteiger partial charge in [-0.3, -0.25) is 4.31 Å². The van der Waals surface area contributed by atoms with E-state index < -0.39 is 10.0 Å². The van der Waals surface area contributed by atoms with E-state index in [0.29, 0.717) is 5.69 Å². The van der Waals surface area contributed by atoms with Crippen LogP contribution in [-0.4, -0.2) is 20.4 Å². The lowest BCUT2D eigenvalue weighted by Gasteiger charge is -2.19. The summed E-state index contributed by atoms with van der Waals surface area (Å²) in [7, 11) is -2.10. The second-order valence-corrected chi connectivity index (χ2v) is 5.69. The third kappa shape index (κ3) is 2.28. The predicted octanol–water partition coefficient (Wildman–Crippen LogP) is 1.49. The molecule has 94 valence electrons. The van der Waals surface area contributed by atoms with E-state index >= 15 is 0 Å². The molecule has 2 rings (SSSR count). The van der Waals surface area contributed by atoms with Gasteiger partial charge in [-0.15, -0.1) is 0 Å². The van der Waals surface area contributed by atoms with Gasteiger partial charge in [0.15, 0.2) is 0 Å². The number of nitrogens with zero attached hydrogens (tertiary/aromatic N) is 2. The number of rotatable bonds is 3. The van der Waals surface area contributed by atoms with Gasteiger partial charge in [0.2, 0.25) is 0 Å². The van der Waals surface area contributed by atoms with Crippen molar-refractivity contribution in [2.45, 2.75) is 4.90 Å². The Labute approximate surface area is 106 Å². The van der Waals surface area contributed by atoms with Crippen molar-refractivity contribution in [1.82, 2.24) is 4.98 Å². The lowest BCUT2D eigenvalue weighted by Crippen LogP contribution is -2.26. The van der Waals surface area contributed by atoms with Gasteiger partial charge in [0.25, 0.3) is 10.0 Å². The van der Waals surface area contributed by atoms with Crippen molar-refractivity contribution in [3.8, 4) is 0 Å². The van der Waals surface area contributed by atoms with Gasteiger partial charge in [-0.05, 0) is 18.2 Å². The van der Waals surface area contributed by atoms with Crippen molar-refractivity contribution in [2.75, 3.05) is 17.1 Å². The summed E-state index contributed by atoms with van der Waals surface area (Å²) in [6.07, 6.45) is 1.38. The van der Waals surface area contributed by atoms with Gasteiger partial charge >= 0.3 is 0 Å². The van der Waals surface area contributed by atoms with Crippen molar-refractivity contribution < 1.29 is 8.42 Å². The average Bonchev–Trinajstić information content (AvgIpc) is 2.39. The maximum atomic E-state index is 12.3. The first-order valence-corrected chi connectivity index (χ1v) is 6.71. The molecular formula is C12H13N3O2S. The van der Waals surface area contributed by atoms with Gasteiger partial charge in [0.05, 0.1) is 10.6 Å². The maximum Gasteiger partial charge on any atom is 0.264 e. The van der Waals surface area contributed by atoms with Gasteiger partial charge < -0.3 is 5.73 Å². The summed E-state index contributed by atoms with van der Waals surface area (Å²) in [5.74, 6) is 0.178. The number of hydrogen-bond acceptors (Lipinski definition) is 4. The summed E-state index contributed by atoms with van der Waals surface area (Å²) >= 11 is 0. The van der Waals surface area contributed by atoms with E-state index in [1.54, 1.807) is 24.3 Å². The zero-order valence-corrected chi connectivity index (χ0v) is 10.6. The highest BCUT2D eigenvalue weighted by Crippen LogP contribution is 2.21. The highest BCUT2D eigenvalue weighted by molar-refractivity contribution is 7.92. The number of pyridine rings is 1. The van der Waals surface area contributed by atoms with Crippen LogP contribution < -0.4 is 10.0 Å². The van der Waals surface area contributed by atoms with Crippen molar-refractivity contribution in [3.05, 3.63) is 48.7 Å². The molecule has 2 N–H and O–H groups in total. The normalized spacial score (nSPS) is 11.2. The summed E-state index contributed by atoms with van der Waals surface area (Å²) in [4.78, 5) is 3.91. The molecule has 0 aliphatic carbocycles. The first-order chi connectivity index (χ1) is 8.51. The number of nitrogens with two attached hydrogens (primary N) is 1. The Morgan fingerprint density at radius 1 is 1.17 bits per heavy atom. The van der Waals surface area contributed by atoms with E-state index in [-0.39, 0.29) is 10.7 Å². The van der Waals surface area contributed by atoms with E-state index in [4.69, 9.17) is 5.73 Å². The first kappa shape index (κ1) is 12.4. The van der Waals surface area contributed by atoms with Crippen LogP contribution in [0, 0.1) is 0 Å². The summed E-state index contributed by atoms with van der Waals surface area (Å²) < 4.78 is 25.9.